The van der Waals surface area contributed by atoms with Crippen LogP contribution in [0.5, 0.6) is 0 Å². The number of hydrogen-bond acceptors (Lipinski definition) is 1. The van der Waals surface area contributed by atoms with Crippen LogP contribution in [-0.2, 0) is 0 Å². The largest absolute Gasteiger partial charge is 0.262 e. The summed E-state index contributed by atoms with van der Waals surface area (Å²) in [5.41, 5.74) is 6.72. The number of aromatic amines is 1. The summed E-state index contributed by atoms with van der Waals surface area (Å²) in [5, 5.41) is 5.87. The number of aryl methyl sites for hydroxylation is 1. The predicted molar refractivity (Wildman–Crippen MR) is 96.9 cm³/mol. The highest BCUT2D eigenvalue weighted by Gasteiger charge is 2.17. The fourth-order valence-electron chi connectivity index (χ4n) is 3.45. The maximum absolute atomic E-state index is 4.87. The molecule has 3 nitrogen and oxygen atoms in total. The number of nitrogens with one attached hydrogen (secondary N) is 1. The minimum Gasteiger partial charge on any atom is -0.241 e. The Balaban J connectivity index is 1.91. The van der Waals surface area contributed by atoms with E-state index in [4.69, 9.17) is 4.98 Å². The van der Waals surface area contributed by atoms with E-state index in [1.165, 1.54) is 21.9 Å². The van der Waals surface area contributed by atoms with Crippen molar-refractivity contribution in [3.05, 3.63) is 78.6 Å². The van der Waals surface area contributed by atoms with Crippen LogP contribution in [0.3, 0.4) is 0 Å². The minimum atomic E-state index is 1.03. The van der Waals surface area contributed by atoms with E-state index in [1.54, 1.807) is 0 Å². The summed E-state index contributed by atoms with van der Waals surface area (Å²) in [4.78, 5) is 4.87. The van der Waals surface area contributed by atoms with Crippen LogP contribution in [0.4, 0.5) is 0 Å². The molecule has 3 heterocycles. The number of hydrogen-bond donors (Lipinski definition) is 1. The Morgan fingerprint density at radius 3 is 2.54 bits per heavy atom. The fourth-order valence-corrected chi connectivity index (χ4v) is 3.45. The fraction of sp³-hybridized carbons (Fsp3) is 0.0476. The van der Waals surface area contributed by atoms with Gasteiger partial charge in [0, 0.05) is 28.5 Å². The van der Waals surface area contributed by atoms with Crippen molar-refractivity contribution in [2.75, 3.05) is 0 Å². The van der Waals surface area contributed by atoms with Crippen molar-refractivity contribution < 1.29 is 4.52 Å². The second-order valence-electron chi connectivity index (χ2n) is 6.12. The molecule has 0 aliphatic rings. The molecule has 5 aromatic rings. The third kappa shape index (κ3) is 1.85. The number of nitrogens with zero attached hydrogens (tertiary/aromatic N) is 2. The summed E-state index contributed by atoms with van der Waals surface area (Å²) in [6, 6.07) is 23.1. The van der Waals surface area contributed by atoms with Gasteiger partial charge in [-0.1, -0.05) is 53.0 Å². The molecule has 0 saturated carbocycles. The summed E-state index contributed by atoms with van der Waals surface area (Å²) in [7, 11) is 0. The average molecular weight is 310 g/mol. The Morgan fingerprint density at radius 2 is 1.67 bits per heavy atom. The molecule has 2 aromatic carbocycles. The Labute approximate surface area is 139 Å². The van der Waals surface area contributed by atoms with Crippen molar-refractivity contribution >= 4 is 27.3 Å². The number of pyridine rings is 1. The van der Waals surface area contributed by atoms with Crippen molar-refractivity contribution in [3.8, 4) is 11.1 Å². The summed E-state index contributed by atoms with van der Waals surface area (Å²) >= 11 is 0. The summed E-state index contributed by atoms with van der Waals surface area (Å²) < 4.78 is 2.05. The van der Waals surface area contributed by atoms with Crippen LogP contribution >= 0.6 is 0 Å². The Hall–Kier alpha value is -3.20. The second kappa shape index (κ2) is 4.90. The molecule has 114 valence electrons. The normalized spacial score (nSPS) is 11.5. The molecule has 0 saturated heterocycles. The van der Waals surface area contributed by atoms with Crippen LogP contribution in [0.1, 0.15) is 5.69 Å². The van der Waals surface area contributed by atoms with Gasteiger partial charge in [0.25, 0.3) is 5.52 Å². The zero-order chi connectivity index (χ0) is 16.1. The van der Waals surface area contributed by atoms with Gasteiger partial charge in [-0.3, -0.25) is 0 Å². The second-order valence-corrected chi connectivity index (χ2v) is 6.12. The lowest BCUT2D eigenvalue weighted by molar-refractivity contribution is -0.580. The van der Waals surface area contributed by atoms with Gasteiger partial charge in [-0.2, -0.15) is 5.10 Å². The van der Waals surface area contributed by atoms with Crippen molar-refractivity contribution in [3.63, 3.8) is 0 Å². The standard InChI is InChI=1S/C21H15N3/c1-14-18(15-7-3-2-4-8-15)13-20-21-17(11-12-24(20)23-14)16-9-5-6-10-19(16)22-21/h2-13H,1H3/p+1. The summed E-state index contributed by atoms with van der Waals surface area (Å²) in [6.45, 7) is 2.11. The van der Waals surface area contributed by atoms with Gasteiger partial charge < -0.3 is 0 Å². The molecule has 3 heteroatoms. The Morgan fingerprint density at radius 1 is 0.875 bits per heavy atom. The maximum atomic E-state index is 4.87. The third-order valence-corrected chi connectivity index (χ3v) is 4.63. The van der Waals surface area contributed by atoms with Crippen LogP contribution in [0, 0.1) is 6.92 Å². The van der Waals surface area contributed by atoms with E-state index in [1.807, 2.05) is 12.1 Å². The quantitative estimate of drug-likeness (QED) is 0.456. The highest BCUT2D eigenvalue weighted by atomic mass is 15.2. The molecule has 3 aromatic heterocycles. The van der Waals surface area contributed by atoms with Gasteiger partial charge in [0.1, 0.15) is 5.52 Å². The maximum Gasteiger partial charge on any atom is 0.262 e. The Kier molecular flexibility index (Phi) is 2.71. The Bertz CT molecular complexity index is 1200. The first-order chi connectivity index (χ1) is 11.8. The van der Waals surface area contributed by atoms with Crippen LogP contribution in [0.25, 0.3) is 38.4 Å². The molecule has 0 aliphatic heterocycles. The van der Waals surface area contributed by atoms with Crippen LogP contribution in [-0.4, -0.2) is 10.1 Å². The summed E-state index contributed by atoms with van der Waals surface area (Å²) in [5.74, 6) is 0. The molecular weight excluding hydrogens is 294 g/mol. The first-order valence-electron chi connectivity index (χ1n) is 8.09. The van der Waals surface area contributed by atoms with Gasteiger partial charge in [-0.05, 0) is 18.6 Å². The molecule has 0 fully saturated rings. The topological polar surface area (TPSA) is 32.8 Å². The SMILES string of the molecule is Cc1[nH][n+]2ccc3c4ccccc4nc3c2cc1-c1ccccc1. The summed E-state index contributed by atoms with van der Waals surface area (Å²) in [6.07, 6.45) is 2.08. The van der Waals surface area contributed by atoms with Gasteiger partial charge in [0.05, 0.1) is 11.2 Å². The molecule has 0 amide bonds. The van der Waals surface area contributed by atoms with Crippen LogP contribution in [0.2, 0.25) is 0 Å². The van der Waals surface area contributed by atoms with E-state index in [0.717, 1.165) is 22.2 Å². The lowest BCUT2D eigenvalue weighted by Crippen LogP contribution is -2.27. The number of aromatic nitrogens is 3. The van der Waals surface area contributed by atoms with Gasteiger partial charge in [0.2, 0.25) is 6.20 Å². The highest BCUT2D eigenvalue weighted by Crippen LogP contribution is 2.28. The molecule has 0 aliphatic carbocycles. The zero-order valence-electron chi connectivity index (χ0n) is 13.3. The molecule has 0 radical (unpaired) electrons. The number of rotatable bonds is 1. The molecule has 5 rings (SSSR count). The molecule has 0 spiro atoms. The van der Waals surface area contributed by atoms with E-state index in [0.29, 0.717) is 0 Å². The first kappa shape index (κ1) is 13.3. The van der Waals surface area contributed by atoms with E-state index < -0.39 is 0 Å². The van der Waals surface area contributed by atoms with Crippen LogP contribution < -0.4 is 4.52 Å². The van der Waals surface area contributed by atoms with Gasteiger partial charge in [-0.15, -0.1) is 0 Å². The minimum absolute atomic E-state index is 1.03. The zero-order valence-corrected chi connectivity index (χ0v) is 13.3. The van der Waals surface area contributed by atoms with E-state index in [9.17, 15) is 0 Å². The smallest absolute Gasteiger partial charge is 0.241 e. The molecule has 0 atom stereocenters. The van der Waals surface area contributed by atoms with Crippen molar-refractivity contribution in [1.29, 1.82) is 0 Å². The predicted octanol–water partition coefficient (Wildman–Crippen LogP) is 4.43. The lowest BCUT2D eigenvalue weighted by Gasteiger charge is -2.05. The number of H-pyrrole nitrogens is 1. The van der Waals surface area contributed by atoms with E-state index in [-0.39, 0.29) is 0 Å². The lowest BCUT2D eigenvalue weighted by atomic mass is 10.0. The van der Waals surface area contributed by atoms with Gasteiger partial charge in [0.15, 0.2) is 0 Å². The third-order valence-electron chi connectivity index (χ3n) is 4.63. The number of benzene rings is 2. The molecule has 0 unspecified atom stereocenters. The van der Waals surface area contributed by atoms with E-state index >= 15 is 0 Å². The highest BCUT2D eigenvalue weighted by molar-refractivity contribution is 6.11. The number of fused-ring (bicyclic) bond motifs is 5. The first-order valence-corrected chi connectivity index (χ1v) is 8.09. The van der Waals surface area contributed by atoms with Gasteiger partial charge in [-0.25, -0.2) is 4.98 Å². The van der Waals surface area contributed by atoms with Crippen molar-refractivity contribution in [2.24, 2.45) is 0 Å². The van der Waals surface area contributed by atoms with Crippen molar-refractivity contribution in [1.82, 2.24) is 10.1 Å². The van der Waals surface area contributed by atoms with Gasteiger partial charge >= 0.3 is 0 Å². The van der Waals surface area contributed by atoms with E-state index in [2.05, 4.69) is 77.3 Å². The number of para-hydroxylation sites is 1. The molecule has 24 heavy (non-hydrogen) atoms. The van der Waals surface area contributed by atoms with Crippen LogP contribution in [0.15, 0.2) is 72.9 Å². The molecular formula is C21H16N3+. The molecule has 0 bridgehead atoms. The molecule has 1 N–H and O–H groups in total. The average Bonchev–Trinajstić information content (AvgIpc) is 3.01. The van der Waals surface area contributed by atoms with Crippen molar-refractivity contribution in [2.45, 2.75) is 6.92 Å². The monoisotopic (exact) mass is 310 g/mol.